The molecular weight excluding hydrogens is 457 g/mol. The van der Waals surface area contributed by atoms with Crippen molar-refractivity contribution in [3.63, 3.8) is 0 Å². The molecule has 1 unspecified atom stereocenters. The maximum atomic E-state index is 13.2. The molecule has 2 aromatic rings. The second-order valence-electron chi connectivity index (χ2n) is 7.47. The standard InChI is InChI=1S/C20H26FN5O6S/c1-3-32-19(27)14-25-11-17(22-23-25)12-26-18(20(28)31-2)13-24(8-9-33(26,29)30)10-15-4-6-16(21)7-5-15/h4-7,11,18H,3,8-10,12-14H2,1-2H3. The lowest BCUT2D eigenvalue weighted by Crippen LogP contribution is -2.48. The molecule has 1 aliphatic rings. The van der Waals surface area contributed by atoms with Crippen molar-refractivity contribution in [2.45, 2.75) is 32.6 Å². The maximum Gasteiger partial charge on any atom is 0.327 e. The maximum absolute atomic E-state index is 13.2. The fourth-order valence-corrected chi connectivity index (χ4v) is 5.09. The summed E-state index contributed by atoms with van der Waals surface area (Å²) >= 11 is 0. The SMILES string of the molecule is CCOC(=O)Cn1cc(CN2C(C(=O)OC)CN(Cc3ccc(F)cc3)CCS2(=O)=O)nn1. The van der Waals surface area contributed by atoms with Gasteiger partial charge >= 0.3 is 11.9 Å². The van der Waals surface area contributed by atoms with E-state index in [4.69, 9.17) is 9.47 Å². The van der Waals surface area contributed by atoms with Crippen molar-refractivity contribution >= 4 is 22.0 Å². The van der Waals surface area contributed by atoms with Crippen LogP contribution in [-0.2, 0) is 48.7 Å². The Bertz CT molecular complexity index is 1070. The zero-order chi connectivity index (χ0) is 24.0. The van der Waals surface area contributed by atoms with Crippen molar-refractivity contribution in [3.05, 3.63) is 47.5 Å². The largest absolute Gasteiger partial charge is 0.468 e. The molecule has 1 atom stereocenters. The molecular formula is C20H26FN5O6S. The van der Waals surface area contributed by atoms with E-state index in [-0.39, 0.29) is 50.0 Å². The highest BCUT2D eigenvalue weighted by molar-refractivity contribution is 7.89. The highest BCUT2D eigenvalue weighted by Crippen LogP contribution is 2.20. The van der Waals surface area contributed by atoms with Gasteiger partial charge in [-0.1, -0.05) is 17.3 Å². The number of rotatable bonds is 8. The summed E-state index contributed by atoms with van der Waals surface area (Å²) in [6.07, 6.45) is 1.43. The van der Waals surface area contributed by atoms with E-state index in [0.29, 0.717) is 6.54 Å². The Morgan fingerprint density at radius 2 is 1.94 bits per heavy atom. The van der Waals surface area contributed by atoms with Gasteiger partial charge in [-0.25, -0.2) is 17.5 Å². The summed E-state index contributed by atoms with van der Waals surface area (Å²) in [5.41, 5.74) is 1.05. The summed E-state index contributed by atoms with van der Waals surface area (Å²) in [4.78, 5) is 26.0. The van der Waals surface area contributed by atoms with Crippen LogP contribution in [0.3, 0.4) is 0 Å². The van der Waals surface area contributed by atoms with Crippen LogP contribution in [-0.4, -0.2) is 83.2 Å². The smallest absolute Gasteiger partial charge is 0.327 e. The van der Waals surface area contributed by atoms with Gasteiger partial charge in [0.05, 0.1) is 37.9 Å². The average molecular weight is 484 g/mol. The zero-order valence-corrected chi connectivity index (χ0v) is 19.2. The first-order valence-electron chi connectivity index (χ1n) is 10.3. The molecule has 0 aliphatic carbocycles. The van der Waals surface area contributed by atoms with Crippen LogP contribution in [0.5, 0.6) is 0 Å². The van der Waals surface area contributed by atoms with Gasteiger partial charge in [0.15, 0.2) is 0 Å². The molecule has 2 heterocycles. The molecule has 1 fully saturated rings. The minimum Gasteiger partial charge on any atom is -0.468 e. The molecule has 33 heavy (non-hydrogen) atoms. The number of aromatic nitrogens is 3. The van der Waals surface area contributed by atoms with Crippen LogP contribution in [0.15, 0.2) is 30.5 Å². The Morgan fingerprint density at radius 3 is 2.61 bits per heavy atom. The summed E-state index contributed by atoms with van der Waals surface area (Å²) in [5, 5.41) is 7.76. The number of sulfonamides is 1. The summed E-state index contributed by atoms with van der Waals surface area (Å²) in [7, 11) is -2.66. The lowest BCUT2D eigenvalue weighted by molar-refractivity contribution is -0.146. The molecule has 3 rings (SSSR count). The van der Waals surface area contributed by atoms with E-state index in [2.05, 4.69) is 10.3 Å². The van der Waals surface area contributed by atoms with Crippen molar-refractivity contribution in [1.29, 1.82) is 0 Å². The van der Waals surface area contributed by atoms with Crippen LogP contribution in [0.25, 0.3) is 0 Å². The predicted molar refractivity (Wildman–Crippen MR) is 113 cm³/mol. The van der Waals surface area contributed by atoms with Crippen molar-refractivity contribution < 1.29 is 31.9 Å². The Balaban J connectivity index is 1.80. The Kier molecular flexibility index (Phi) is 8.10. The number of methoxy groups -OCH3 is 1. The first-order chi connectivity index (χ1) is 15.7. The third-order valence-electron chi connectivity index (χ3n) is 5.09. The first-order valence-corrected chi connectivity index (χ1v) is 11.9. The molecule has 1 aliphatic heterocycles. The summed E-state index contributed by atoms with van der Waals surface area (Å²) in [5.74, 6) is -1.80. The molecule has 0 amide bonds. The monoisotopic (exact) mass is 483 g/mol. The lowest BCUT2D eigenvalue weighted by atomic mass is 10.2. The van der Waals surface area contributed by atoms with Crippen LogP contribution >= 0.6 is 0 Å². The number of carbonyl (C=O) groups is 2. The van der Waals surface area contributed by atoms with E-state index in [0.717, 1.165) is 9.87 Å². The van der Waals surface area contributed by atoms with Gasteiger partial charge in [0.25, 0.3) is 0 Å². The normalized spacial score (nSPS) is 19.1. The molecule has 0 radical (unpaired) electrons. The fraction of sp³-hybridized carbons (Fsp3) is 0.500. The van der Waals surface area contributed by atoms with E-state index in [1.54, 1.807) is 19.1 Å². The molecule has 1 aromatic heterocycles. The highest BCUT2D eigenvalue weighted by Gasteiger charge is 2.40. The molecule has 1 aromatic carbocycles. The number of nitrogens with zero attached hydrogens (tertiary/aromatic N) is 5. The number of benzene rings is 1. The third-order valence-corrected chi connectivity index (χ3v) is 6.89. The minimum atomic E-state index is -3.85. The quantitative estimate of drug-likeness (QED) is 0.483. The van der Waals surface area contributed by atoms with E-state index < -0.39 is 28.0 Å². The van der Waals surface area contributed by atoms with Gasteiger partial charge in [-0.15, -0.1) is 5.10 Å². The van der Waals surface area contributed by atoms with E-state index >= 15 is 0 Å². The molecule has 11 nitrogen and oxygen atoms in total. The number of ether oxygens (including phenoxy) is 2. The van der Waals surface area contributed by atoms with Crippen LogP contribution < -0.4 is 0 Å². The summed E-state index contributed by atoms with van der Waals surface area (Å²) in [6, 6.07) is 4.77. The molecule has 1 saturated heterocycles. The van der Waals surface area contributed by atoms with E-state index in [9.17, 15) is 22.4 Å². The Morgan fingerprint density at radius 1 is 1.21 bits per heavy atom. The summed E-state index contributed by atoms with van der Waals surface area (Å²) < 4.78 is 51.4. The van der Waals surface area contributed by atoms with Crippen molar-refractivity contribution in [3.8, 4) is 0 Å². The number of hydrogen-bond acceptors (Lipinski definition) is 9. The Labute approximate surface area is 191 Å². The topological polar surface area (TPSA) is 124 Å². The molecule has 13 heteroatoms. The second-order valence-corrected chi connectivity index (χ2v) is 9.52. The molecule has 0 saturated carbocycles. The van der Waals surface area contributed by atoms with Gasteiger partial charge in [0.1, 0.15) is 18.4 Å². The van der Waals surface area contributed by atoms with Gasteiger partial charge < -0.3 is 9.47 Å². The molecule has 0 bridgehead atoms. The molecule has 180 valence electrons. The van der Waals surface area contributed by atoms with Crippen molar-refractivity contribution in [1.82, 2.24) is 24.2 Å². The lowest BCUT2D eigenvalue weighted by Gasteiger charge is -2.28. The number of carbonyl (C=O) groups excluding carboxylic acids is 2. The van der Waals surface area contributed by atoms with Gasteiger partial charge in [-0.05, 0) is 24.6 Å². The van der Waals surface area contributed by atoms with Crippen LogP contribution in [0, 0.1) is 5.82 Å². The number of esters is 2. The second kappa shape index (κ2) is 10.8. The van der Waals surface area contributed by atoms with E-state index in [1.165, 1.54) is 30.1 Å². The predicted octanol–water partition coefficient (Wildman–Crippen LogP) is 0.170. The number of hydrogen-bond donors (Lipinski definition) is 0. The van der Waals surface area contributed by atoms with Crippen LogP contribution in [0.2, 0.25) is 0 Å². The van der Waals surface area contributed by atoms with Gasteiger partial charge in [-0.3, -0.25) is 14.5 Å². The van der Waals surface area contributed by atoms with Crippen LogP contribution in [0.4, 0.5) is 4.39 Å². The fourth-order valence-electron chi connectivity index (χ4n) is 3.50. The van der Waals surface area contributed by atoms with E-state index in [1.807, 2.05) is 4.90 Å². The van der Waals surface area contributed by atoms with Crippen molar-refractivity contribution in [2.24, 2.45) is 0 Å². The highest BCUT2D eigenvalue weighted by atomic mass is 32.2. The first kappa shape index (κ1) is 24.7. The summed E-state index contributed by atoms with van der Waals surface area (Å²) in [6.45, 7) is 2.13. The Hall–Kier alpha value is -2.90. The van der Waals surface area contributed by atoms with Crippen molar-refractivity contribution in [2.75, 3.05) is 32.6 Å². The van der Waals surface area contributed by atoms with Crippen LogP contribution in [0.1, 0.15) is 18.2 Å². The third kappa shape index (κ3) is 6.55. The average Bonchev–Trinajstić information content (AvgIpc) is 3.17. The molecule has 0 N–H and O–H groups in total. The van der Waals surface area contributed by atoms with Gasteiger partial charge in [-0.2, -0.15) is 4.31 Å². The minimum absolute atomic E-state index is 0.0836. The zero-order valence-electron chi connectivity index (χ0n) is 18.4. The number of halogens is 1. The van der Waals surface area contributed by atoms with Gasteiger partial charge in [0, 0.05) is 19.6 Å². The molecule has 0 spiro atoms. The van der Waals surface area contributed by atoms with Gasteiger partial charge in [0.2, 0.25) is 10.0 Å².